The normalized spacial score (nSPS) is 11.4. The van der Waals surface area contributed by atoms with E-state index in [9.17, 15) is 18.3 Å². The van der Waals surface area contributed by atoms with E-state index < -0.39 is 16.0 Å². The van der Waals surface area contributed by atoms with E-state index in [1.165, 1.54) is 30.0 Å². The zero-order valence-corrected chi connectivity index (χ0v) is 20.3. The Balaban J connectivity index is 1.75. The van der Waals surface area contributed by atoms with E-state index in [0.29, 0.717) is 6.54 Å². The molecule has 3 aromatic rings. The second-order valence-corrected chi connectivity index (χ2v) is 9.80. The summed E-state index contributed by atoms with van der Waals surface area (Å²) in [5.41, 5.74) is 4.25. The molecule has 0 aliphatic rings. The number of aromatic carboxylic acids is 1. The van der Waals surface area contributed by atoms with Crippen molar-refractivity contribution in [3.05, 3.63) is 64.6 Å². The van der Waals surface area contributed by atoms with Crippen LogP contribution < -0.4 is 9.62 Å². The molecule has 0 aliphatic carbocycles. The Morgan fingerprint density at radius 2 is 1.85 bits per heavy atom. The van der Waals surface area contributed by atoms with Crippen molar-refractivity contribution in [1.82, 2.24) is 14.8 Å². The molecule has 0 unspecified atom stereocenters. The van der Waals surface area contributed by atoms with Gasteiger partial charge in [-0.2, -0.15) is 5.10 Å². The van der Waals surface area contributed by atoms with Crippen molar-refractivity contribution in [2.75, 3.05) is 23.2 Å². The maximum absolute atomic E-state index is 12.6. The second-order valence-electron chi connectivity index (χ2n) is 8.12. The van der Waals surface area contributed by atoms with Gasteiger partial charge in [-0.05, 0) is 57.4 Å². The number of carboxylic acid groups (broad SMARTS) is 1. The summed E-state index contributed by atoms with van der Waals surface area (Å²) in [5.74, 6) is -0.903. The molecule has 3 rings (SSSR count). The first-order chi connectivity index (χ1) is 15.5. The van der Waals surface area contributed by atoms with Crippen LogP contribution in [0.15, 0.2) is 41.4 Å². The molecule has 2 aromatic heterocycles. The minimum absolute atomic E-state index is 0.0738. The molecule has 33 heavy (non-hydrogen) atoms. The number of benzene rings is 1. The van der Waals surface area contributed by atoms with Crippen LogP contribution >= 0.6 is 0 Å². The summed E-state index contributed by atoms with van der Waals surface area (Å²) >= 11 is 0. The molecule has 0 fully saturated rings. The van der Waals surface area contributed by atoms with Crippen molar-refractivity contribution in [2.45, 2.75) is 38.5 Å². The van der Waals surface area contributed by atoms with E-state index in [0.717, 1.165) is 29.8 Å². The van der Waals surface area contributed by atoms with Crippen LogP contribution in [0.5, 0.6) is 0 Å². The molecule has 176 valence electrons. The van der Waals surface area contributed by atoms with Crippen molar-refractivity contribution in [2.24, 2.45) is 7.05 Å². The Labute approximate surface area is 194 Å². The molecular formula is C23H29N5O4S. The number of sulfonamides is 1. The lowest BCUT2D eigenvalue weighted by Gasteiger charge is -2.20. The number of aromatic nitrogens is 3. The number of hydrogen-bond acceptors (Lipinski definition) is 6. The maximum Gasteiger partial charge on any atom is 0.339 e. The summed E-state index contributed by atoms with van der Waals surface area (Å²) in [7, 11) is -0.177. The lowest BCUT2D eigenvalue weighted by atomic mass is 10.1. The highest BCUT2D eigenvalue weighted by atomic mass is 32.2. The van der Waals surface area contributed by atoms with Crippen LogP contribution in [-0.2, 0) is 23.5 Å². The Kier molecular flexibility index (Phi) is 7.06. The van der Waals surface area contributed by atoms with Gasteiger partial charge in [0.2, 0.25) is 0 Å². The van der Waals surface area contributed by atoms with Gasteiger partial charge < -0.3 is 10.0 Å². The third kappa shape index (κ3) is 5.51. The van der Waals surface area contributed by atoms with Gasteiger partial charge in [0.1, 0.15) is 11.4 Å². The summed E-state index contributed by atoms with van der Waals surface area (Å²) < 4.78 is 29.6. The molecule has 2 heterocycles. The Hall–Kier alpha value is -3.40. The minimum atomic E-state index is -3.86. The van der Waals surface area contributed by atoms with Crippen LogP contribution in [0.4, 0.5) is 11.5 Å². The van der Waals surface area contributed by atoms with Crippen molar-refractivity contribution < 1.29 is 18.3 Å². The Bertz CT molecular complexity index is 1270. The molecule has 0 atom stereocenters. The standard InChI is InChI=1S/C23H29N5O4S/c1-15-8-10-19(11-9-15)33(31,32)26-18-13-21(23(29)30)22(24-14-18)27(4)12-6-7-20-16(2)25-28(5)17(20)3/h8-11,13-14,26H,6-7,12H2,1-5H3,(H,29,30). The predicted octanol–water partition coefficient (Wildman–Crippen LogP) is 3.31. The van der Waals surface area contributed by atoms with Gasteiger partial charge in [0, 0.05) is 26.3 Å². The zero-order chi connectivity index (χ0) is 24.3. The largest absolute Gasteiger partial charge is 0.478 e. The third-order valence-electron chi connectivity index (χ3n) is 5.62. The summed E-state index contributed by atoms with van der Waals surface area (Å²) in [5, 5.41) is 14.1. The number of pyridine rings is 1. The molecule has 0 amide bonds. The number of anilines is 2. The fourth-order valence-electron chi connectivity index (χ4n) is 3.68. The SMILES string of the molecule is Cc1ccc(S(=O)(=O)Nc2cnc(N(C)CCCc3c(C)nn(C)c3C)c(C(=O)O)c2)cc1. The molecule has 0 radical (unpaired) electrons. The summed E-state index contributed by atoms with van der Waals surface area (Å²) in [6, 6.07) is 7.68. The van der Waals surface area contributed by atoms with E-state index in [4.69, 9.17) is 0 Å². The summed E-state index contributed by atoms with van der Waals surface area (Å²) in [4.78, 5) is 18.0. The highest BCUT2D eigenvalue weighted by Gasteiger charge is 2.20. The summed E-state index contributed by atoms with van der Waals surface area (Å²) in [6.07, 6.45) is 2.93. The molecule has 10 heteroatoms. The van der Waals surface area contributed by atoms with Gasteiger partial charge in [-0.25, -0.2) is 18.2 Å². The average molecular weight is 472 g/mol. The number of nitrogens with zero attached hydrogens (tertiary/aromatic N) is 4. The van der Waals surface area contributed by atoms with Crippen molar-refractivity contribution in [1.29, 1.82) is 0 Å². The van der Waals surface area contributed by atoms with Crippen LogP contribution in [0.25, 0.3) is 0 Å². The van der Waals surface area contributed by atoms with Gasteiger partial charge in [0.05, 0.1) is 22.5 Å². The maximum atomic E-state index is 12.6. The molecule has 0 saturated heterocycles. The molecule has 0 saturated carbocycles. The van der Waals surface area contributed by atoms with Crippen molar-refractivity contribution >= 4 is 27.5 Å². The highest BCUT2D eigenvalue weighted by molar-refractivity contribution is 7.92. The van der Waals surface area contributed by atoms with E-state index in [-0.39, 0.29) is 22.0 Å². The number of rotatable bonds is 9. The van der Waals surface area contributed by atoms with E-state index >= 15 is 0 Å². The van der Waals surface area contributed by atoms with Crippen LogP contribution in [0.1, 0.15) is 39.3 Å². The smallest absolute Gasteiger partial charge is 0.339 e. The number of nitrogens with one attached hydrogen (secondary N) is 1. The predicted molar refractivity (Wildman–Crippen MR) is 127 cm³/mol. The molecular weight excluding hydrogens is 442 g/mol. The molecule has 1 aromatic carbocycles. The topological polar surface area (TPSA) is 117 Å². The molecule has 0 bridgehead atoms. The third-order valence-corrected chi connectivity index (χ3v) is 7.02. The summed E-state index contributed by atoms with van der Waals surface area (Å²) in [6.45, 7) is 6.45. The molecule has 2 N–H and O–H groups in total. The van der Waals surface area contributed by atoms with Gasteiger partial charge in [0.25, 0.3) is 10.0 Å². The van der Waals surface area contributed by atoms with E-state index in [1.807, 2.05) is 32.5 Å². The fraction of sp³-hybridized carbons (Fsp3) is 0.348. The first kappa shape index (κ1) is 24.2. The number of aryl methyl sites for hydroxylation is 3. The van der Waals surface area contributed by atoms with Crippen LogP contribution in [-0.4, -0.2) is 47.9 Å². The lowest BCUT2D eigenvalue weighted by molar-refractivity contribution is 0.0697. The Morgan fingerprint density at radius 3 is 2.42 bits per heavy atom. The molecule has 0 spiro atoms. The number of carboxylic acids is 1. The van der Waals surface area contributed by atoms with Crippen molar-refractivity contribution in [3.63, 3.8) is 0 Å². The second kappa shape index (κ2) is 9.62. The van der Waals surface area contributed by atoms with Crippen LogP contribution in [0.3, 0.4) is 0 Å². The van der Waals surface area contributed by atoms with Crippen LogP contribution in [0.2, 0.25) is 0 Å². The Morgan fingerprint density at radius 1 is 1.18 bits per heavy atom. The zero-order valence-electron chi connectivity index (χ0n) is 19.5. The van der Waals surface area contributed by atoms with Crippen molar-refractivity contribution in [3.8, 4) is 0 Å². The lowest BCUT2D eigenvalue weighted by Crippen LogP contribution is -2.23. The first-order valence-corrected chi connectivity index (χ1v) is 12.0. The quantitative estimate of drug-likeness (QED) is 0.492. The number of carbonyl (C=O) groups is 1. The highest BCUT2D eigenvalue weighted by Crippen LogP contribution is 2.24. The van der Waals surface area contributed by atoms with Gasteiger partial charge in [-0.1, -0.05) is 17.7 Å². The van der Waals surface area contributed by atoms with Gasteiger partial charge in [-0.15, -0.1) is 0 Å². The van der Waals surface area contributed by atoms with Crippen LogP contribution in [0, 0.1) is 20.8 Å². The van der Waals surface area contributed by atoms with Gasteiger partial charge in [-0.3, -0.25) is 9.40 Å². The fourth-order valence-corrected chi connectivity index (χ4v) is 4.72. The monoisotopic (exact) mass is 471 g/mol. The first-order valence-electron chi connectivity index (χ1n) is 10.5. The number of hydrogen-bond donors (Lipinski definition) is 2. The minimum Gasteiger partial charge on any atom is -0.478 e. The molecule has 9 nitrogen and oxygen atoms in total. The average Bonchev–Trinajstić information content (AvgIpc) is 2.99. The van der Waals surface area contributed by atoms with Gasteiger partial charge in [0.15, 0.2) is 0 Å². The van der Waals surface area contributed by atoms with E-state index in [2.05, 4.69) is 14.8 Å². The molecule has 0 aliphatic heterocycles. The van der Waals surface area contributed by atoms with Gasteiger partial charge >= 0.3 is 5.97 Å². The van der Waals surface area contributed by atoms with E-state index in [1.54, 1.807) is 24.1 Å².